The van der Waals surface area contributed by atoms with Crippen LogP contribution < -0.4 is 10.1 Å². The van der Waals surface area contributed by atoms with Gasteiger partial charge in [-0.25, -0.2) is 0 Å². The maximum Gasteiger partial charge on any atom is 0.303 e. The molecule has 0 saturated heterocycles. The van der Waals surface area contributed by atoms with Gasteiger partial charge in [0.15, 0.2) is 0 Å². The Bertz CT molecular complexity index is 447. The van der Waals surface area contributed by atoms with Crippen LogP contribution in [0.3, 0.4) is 0 Å². The summed E-state index contributed by atoms with van der Waals surface area (Å²) in [6.07, 6.45) is 2.76. The lowest BCUT2D eigenvalue weighted by Gasteiger charge is -2.07. The van der Waals surface area contributed by atoms with Crippen molar-refractivity contribution in [2.24, 2.45) is 0 Å². The Morgan fingerprint density at radius 3 is 2.48 bits per heavy atom. The molecule has 5 nitrogen and oxygen atoms in total. The van der Waals surface area contributed by atoms with Gasteiger partial charge in [-0.1, -0.05) is 22.4 Å². The number of carboxylic acids is 1. The number of hydrogen-bond donors (Lipinski definition) is 2. The normalized spacial score (nSPS) is 10.1. The molecule has 0 aliphatic rings. The third-order valence-corrected chi connectivity index (χ3v) is 3.33. The van der Waals surface area contributed by atoms with Gasteiger partial charge >= 0.3 is 5.97 Å². The van der Waals surface area contributed by atoms with Crippen molar-refractivity contribution in [3.05, 3.63) is 28.7 Å². The highest BCUT2D eigenvalue weighted by Crippen LogP contribution is 2.16. The third-order valence-electron chi connectivity index (χ3n) is 2.80. The first-order valence-corrected chi connectivity index (χ1v) is 7.74. The first-order chi connectivity index (χ1) is 10.1. The molecule has 0 heterocycles. The Kier molecular flexibility index (Phi) is 8.50. The van der Waals surface area contributed by atoms with Crippen molar-refractivity contribution in [2.75, 3.05) is 13.2 Å². The number of unbranched alkanes of at least 4 members (excludes halogenated alkanes) is 2. The van der Waals surface area contributed by atoms with E-state index in [0.29, 0.717) is 26.0 Å². The largest absolute Gasteiger partial charge is 0.493 e. The molecule has 2 N–H and O–H groups in total. The molecule has 21 heavy (non-hydrogen) atoms. The fraction of sp³-hybridized carbons (Fsp3) is 0.467. The Labute approximate surface area is 132 Å². The summed E-state index contributed by atoms with van der Waals surface area (Å²) in [5, 5.41) is 11.3. The SMILES string of the molecule is O=C(O)CCCCCNC(=O)CCOc1ccc(Br)cc1. The zero-order valence-electron chi connectivity index (χ0n) is 11.8. The molecule has 0 fully saturated rings. The molecule has 1 aromatic rings. The van der Waals surface area contributed by atoms with Crippen molar-refractivity contribution in [1.29, 1.82) is 0 Å². The van der Waals surface area contributed by atoms with Crippen LogP contribution in [0.5, 0.6) is 5.75 Å². The van der Waals surface area contributed by atoms with Gasteiger partial charge in [0, 0.05) is 17.4 Å². The van der Waals surface area contributed by atoms with E-state index in [1.54, 1.807) is 0 Å². The zero-order chi connectivity index (χ0) is 15.5. The van der Waals surface area contributed by atoms with Gasteiger partial charge in [-0.15, -0.1) is 0 Å². The van der Waals surface area contributed by atoms with Crippen LogP contribution in [0.2, 0.25) is 0 Å². The molecule has 0 aliphatic carbocycles. The minimum absolute atomic E-state index is 0.0506. The number of benzene rings is 1. The molecule has 0 bridgehead atoms. The second-order valence-corrected chi connectivity index (χ2v) is 5.52. The number of carbonyl (C=O) groups excluding carboxylic acids is 1. The Morgan fingerprint density at radius 1 is 1.10 bits per heavy atom. The van der Waals surface area contributed by atoms with E-state index in [4.69, 9.17) is 9.84 Å². The zero-order valence-corrected chi connectivity index (χ0v) is 13.4. The Morgan fingerprint density at radius 2 is 1.81 bits per heavy atom. The van der Waals surface area contributed by atoms with Crippen LogP contribution in [-0.2, 0) is 9.59 Å². The van der Waals surface area contributed by atoms with Crippen molar-refractivity contribution in [3.63, 3.8) is 0 Å². The molecule has 0 atom stereocenters. The first-order valence-electron chi connectivity index (χ1n) is 6.95. The molecule has 0 unspecified atom stereocenters. The predicted molar refractivity (Wildman–Crippen MR) is 83.4 cm³/mol. The van der Waals surface area contributed by atoms with Crippen LogP contribution in [0.4, 0.5) is 0 Å². The number of rotatable bonds is 10. The van der Waals surface area contributed by atoms with E-state index in [2.05, 4.69) is 21.2 Å². The third kappa shape index (κ3) is 9.07. The summed E-state index contributed by atoms with van der Waals surface area (Å²) in [7, 11) is 0. The number of carbonyl (C=O) groups is 2. The van der Waals surface area contributed by atoms with Gasteiger partial charge in [0.25, 0.3) is 0 Å². The number of carboxylic acid groups (broad SMARTS) is 1. The summed E-state index contributed by atoms with van der Waals surface area (Å²) >= 11 is 3.34. The number of aliphatic carboxylic acids is 1. The first kappa shape index (κ1) is 17.5. The van der Waals surface area contributed by atoms with Crippen molar-refractivity contribution in [3.8, 4) is 5.75 Å². The van der Waals surface area contributed by atoms with Gasteiger partial charge in [-0.3, -0.25) is 9.59 Å². The van der Waals surface area contributed by atoms with Crippen LogP contribution in [0.25, 0.3) is 0 Å². The monoisotopic (exact) mass is 357 g/mol. The van der Waals surface area contributed by atoms with E-state index >= 15 is 0 Å². The van der Waals surface area contributed by atoms with E-state index in [1.807, 2.05) is 24.3 Å². The summed E-state index contributed by atoms with van der Waals surface area (Å²) in [4.78, 5) is 21.8. The number of halogens is 1. The molecular weight excluding hydrogens is 338 g/mol. The van der Waals surface area contributed by atoms with E-state index in [0.717, 1.165) is 23.1 Å². The Hall–Kier alpha value is -1.56. The molecule has 1 rings (SSSR count). The van der Waals surface area contributed by atoms with Gasteiger partial charge in [-0.05, 0) is 37.1 Å². The number of nitrogens with one attached hydrogen (secondary N) is 1. The van der Waals surface area contributed by atoms with Gasteiger partial charge < -0.3 is 15.2 Å². The highest BCUT2D eigenvalue weighted by atomic mass is 79.9. The summed E-state index contributed by atoms with van der Waals surface area (Å²) in [5.41, 5.74) is 0. The smallest absolute Gasteiger partial charge is 0.303 e. The molecule has 0 saturated carbocycles. The fourth-order valence-electron chi connectivity index (χ4n) is 1.69. The van der Waals surface area contributed by atoms with Gasteiger partial charge in [0.05, 0.1) is 13.0 Å². The minimum atomic E-state index is -0.774. The average molecular weight is 358 g/mol. The fourth-order valence-corrected chi connectivity index (χ4v) is 1.95. The molecular formula is C15H20BrNO4. The summed E-state index contributed by atoms with van der Waals surface area (Å²) in [5.74, 6) is -0.0888. The van der Waals surface area contributed by atoms with Crippen molar-refractivity contribution in [1.82, 2.24) is 5.32 Å². The van der Waals surface area contributed by atoms with E-state index in [9.17, 15) is 9.59 Å². The van der Waals surface area contributed by atoms with Crippen LogP contribution in [-0.4, -0.2) is 30.1 Å². The topological polar surface area (TPSA) is 75.6 Å². The quantitative estimate of drug-likeness (QED) is 0.631. The molecule has 0 radical (unpaired) electrons. The molecule has 0 aliphatic heterocycles. The second-order valence-electron chi connectivity index (χ2n) is 4.61. The Balaban J connectivity index is 2.01. The van der Waals surface area contributed by atoms with Crippen LogP contribution in [0.15, 0.2) is 28.7 Å². The van der Waals surface area contributed by atoms with E-state index in [-0.39, 0.29) is 12.3 Å². The van der Waals surface area contributed by atoms with Crippen LogP contribution in [0.1, 0.15) is 32.1 Å². The number of amides is 1. The van der Waals surface area contributed by atoms with Gasteiger partial charge in [0.1, 0.15) is 5.75 Å². The molecule has 1 aromatic carbocycles. The lowest BCUT2D eigenvalue weighted by molar-refractivity contribution is -0.137. The summed E-state index contributed by atoms with van der Waals surface area (Å²) in [6, 6.07) is 7.44. The van der Waals surface area contributed by atoms with Crippen molar-refractivity contribution < 1.29 is 19.4 Å². The maximum absolute atomic E-state index is 11.5. The minimum Gasteiger partial charge on any atom is -0.493 e. The van der Waals surface area contributed by atoms with E-state index < -0.39 is 5.97 Å². The molecule has 116 valence electrons. The number of ether oxygens (including phenoxy) is 1. The molecule has 0 aromatic heterocycles. The van der Waals surface area contributed by atoms with Crippen LogP contribution >= 0.6 is 15.9 Å². The molecule has 1 amide bonds. The van der Waals surface area contributed by atoms with Crippen molar-refractivity contribution in [2.45, 2.75) is 32.1 Å². The average Bonchev–Trinajstić information content (AvgIpc) is 2.44. The molecule has 6 heteroatoms. The maximum atomic E-state index is 11.5. The van der Waals surface area contributed by atoms with Gasteiger partial charge in [-0.2, -0.15) is 0 Å². The molecule has 0 spiro atoms. The standard InChI is InChI=1S/C15H20BrNO4/c16-12-5-7-13(8-6-12)21-11-9-14(18)17-10-3-1-2-4-15(19)20/h5-8H,1-4,9-11H2,(H,17,18)(H,19,20). The summed E-state index contributed by atoms with van der Waals surface area (Å²) < 4.78 is 6.44. The predicted octanol–water partition coefficient (Wildman–Crippen LogP) is 2.98. The lowest BCUT2D eigenvalue weighted by Crippen LogP contribution is -2.25. The highest BCUT2D eigenvalue weighted by Gasteiger charge is 2.02. The highest BCUT2D eigenvalue weighted by molar-refractivity contribution is 9.10. The van der Waals surface area contributed by atoms with Crippen LogP contribution in [0, 0.1) is 0 Å². The number of hydrogen-bond acceptors (Lipinski definition) is 3. The summed E-state index contributed by atoms with van der Waals surface area (Å²) in [6.45, 7) is 0.920. The van der Waals surface area contributed by atoms with Crippen molar-refractivity contribution >= 4 is 27.8 Å². The lowest BCUT2D eigenvalue weighted by atomic mass is 10.2. The van der Waals surface area contributed by atoms with E-state index in [1.165, 1.54) is 0 Å². The second kappa shape index (κ2) is 10.2. The van der Waals surface area contributed by atoms with Gasteiger partial charge in [0.2, 0.25) is 5.91 Å².